The highest BCUT2D eigenvalue weighted by molar-refractivity contribution is 6.07. The molecule has 1 atom stereocenters. The van der Waals surface area contributed by atoms with Crippen LogP contribution >= 0.6 is 0 Å². The maximum absolute atomic E-state index is 12.0. The van der Waals surface area contributed by atoms with Crippen LogP contribution in [0.2, 0.25) is 0 Å². The molecule has 0 heterocycles. The minimum atomic E-state index is -0.137. The fourth-order valence-electron chi connectivity index (χ4n) is 3.18. The lowest BCUT2D eigenvalue weighted by molar-refractivity contribution is -0.140. The summed E-state index contributed by atoms with van der Waals surface area (Å²) >= 11 is 0. The summed E-state index contributed by atoms with van der Waals surface area (Å²) in [6, 6.07) is 0. The van der Waals surface area contributed by atoms with Crippen LogP contribution < -0.4 is 0 Å². The lowest BCUT2D eigenvalue weighted by atomic mass is 9.94. The number of allylic oxidation sites excluding steroid dienone is 4. The van der Waals surface area contributed by atoms with E-state index in [4.69, 9.17) is 0 Å². The molecule has 0 aromatic rings. The Labute approximate surface area is 147 Å². The van der Waals surface area contributed by atoms with Gasteiger partial charge in [0, 0.05) is 17.9 Å². The second-order valence-corrected chi connectivity index (χ2v) is 6.72. The Morgan fingerprint density at radius 1 is 1.08 bits per heavy atom. The molecule has 0 aliphatic heterocycles. The van der Waals surface area contributed by atoms with Gasteiger partial charge in [0.1, 0.15) is 0 Å². The van der Waals surface area contributed by atoms with Crippen molar-refractivity contribution in [3.05, 3.63) is 23.8 Å². The molecule has 0 bridgehead atoms. The molecule has 0 spiro atoms. The Morgan fingerprint density at radius 2 is 1.79 bits per heavy atom. The fourth-order valence-corrected chi connectivity index (χ4v) is 3.18. The minimum Gasteiger partial charge on any atom is -0.469 e. The molecular formula is C21H34O3. The average Bonchev–Trinajstić information content (AvgIpc) is 2.94. The van der Waals surface area contributed by atoms with Gasteiger partial charge in [-0.3, -0.25) is 9.59 Å². The molecule has 1 aliphatic carbocycles. The number of esters is 1. The Hall–Kier alpha value is -1.38. The first-order valence-electron chi connectivity index (χ1n) is 9.68. The van der Waals surface area contributed by atoms with Crippen molar-refractivity contribution in [1.29, 1.82) is 0 Å². The predicted octanol–water partition coefficient (Wildman–Crippen LogP) is 5.54. The standard InChI is InChI=1S/C21H34O3/c1-3-4-5-6-7-10-13-18-16-17-20(22)19(18)14-11-8-9-12-15-21(23)24-2/h14,16-18H,3-13,15H2,1-2H3/b19-14-/t18-/m0/s1. The van der Waals surface area contributed by atoms with Gasteiger partial charge >= 0.3 is 5.97 Å². The zero-order chi connectivity index (χ0) is 17.6. The highest BCUT2D eigenvalue weighted by atomic mass is 16.5. The number of carbonyl (C=O) groups excluding carboxylic acids is 2. The quantitative estimate of drug-likeness (QED) is 0.252. The van der Waals surface area contributed by atoms with E-state index >= 15 is 0 Å². The first-order chi connectivity index (χ1) is 11.7. The molecule has 0 unspecified atom stereocenters. The lowest BCUT2D eigenvalue weighted by Crippen LogP contribution is -2.03. The van der Waals surface area contributed by atoms with Crippen LogP contribution in [0.3, 0.4) is 0 Å². The summed E-state index contributed by atoms with van der Waals surface area (Å²) in [5.74, 6) is 0.391. The van der Waals surface area contributed by atoms with Crippen molar-refractivity contribution in [3.63, 3.8) is 0 Å². The van der Waals surface area contributed by atoms with Crippen LogP contribution in [0.25, 0.3) is 0 Å². The number of carbonyl (C=O) groups is 2. The third kappa shape index (κ3) is 8.47. The highest BCUT2D eigenvalue weighted by Crippen LogP contribution is 2.27. The second-order valence-electron chi connectivity index (χ2n) is 6.72. The summed E-state index contributed by atoms with van der Waals surface area (Å²) in [5, 5.41) is 0. The molecule has 1 rings (SSSR count). The zero-order valence-corrected chi connectivity index (χ0v) is 15.5. The molecule has 0 N–H and O–H groups in total. The molecule has 0 aromatic carbocycles. The SMILES string of the molecule is CCCCCCCC[C@H]1C=CC(=O)/C1=C\CCCCCC(=O)OC. The third-order valence-corrected chi connectivity index (χ3v) is 4.71. The van der Waals surface area contributed by atoms with Crippen molar-refractivity contribution in [2.45, 2.75) is 84.0 Å². The van der Waals surface area contributed by atoms with Gasteiger partial charge in [0.2, 0.25) is 0 Å². The van der Waals surface area contributed by atoms with Crippen molar-refractivity contribution in [2.24, 2.45) is 5.92 Å². The van der Waals surface area contributed by atoms with E-state index in [2.05, 4.69) is 23.8 Å². The summed E-state index contributed by atoms with van der Waals surface area (Å²) in [6.45, 7) is 2.24. The molecule has 3 nitrogen and oxygen atoms in total. The van der Waals surface area contributed by atoms with Crippen LogP contribution in [-0.4, -0.2) is 18.9 Å². The Bertz CT molecular complexity index is 434. The van der Waals surface area contributed by atoms with Gasteiger partial charge in [0.15, 0.2) is 5.78 Å². The number of hydrogen-bond acceptors (Lipinski definition) is 3. The molecule has 136 valence electrons. The molecule has 24 heavy (non-hydrogen) atoms. The van der Waals surface area contributed by atoms with Gasteiger partial charge in [-0.2, -0.15) is 0 Å². The monoisotopic (exact) mass is 334 g/mol. The Morgan fingerprint density at radius 3 is 2.54 bits per heavy atom. The smallest absolute Gasteiger partial charge is 0.305 e. The van der Waals surface area contributed by atoms with E-state index in [9.17, 15) is 9.59 Å². The summed E-state index contributed by atoms with van der Waals surface area (Å²) in [5.41, 5.74) is 0.997. The summed E-state index contributed by atoms with van der Waals surface area (Å²) in [7, 11) is 1.43. The normalized spacial score (nSPS) is 18.5. The van der Waals surface area contributed by atoms with Gasteiger partial charge in [0.05, 0.1) is 7.11 Å². The zero-order valence-electron chi connectivity index (χ0n) is 15.5. The van der Waals surface area contributed by atoms with Gasteiger partial charge in [-0.05, 0) is 31.8 Å². The topological polar surface area (TPSA) is 43.4 Å². The van der Waals surface area contributed by atoms with Crippen molar-refractivity contribution in [1.82, 2.24) is 0 Å². The number of ketones is 1. The van der Waals surface area contributed by atoms with Gasteiger partial charge in [-0.15, -0.1) is 0 Å². The van der Waals surface area contributed by atoms with Crippen LogP contribution in [0.1, 0.15) is 84.0 Å². The first kappa shape index (κ1) is 20.7. The molecule has 3 heteroatoms. The molecule has 0 saturated carbocycles. The van der Waals surface area contributed by atoms with E-state index in [0.717, 1.165) is 37.7 Å². The van der Waals surface area contributed by atoms with Crippen molar-refractivity contribution in [3.8, 4) is 0 Å². The Kier molecular flexibility index (Phi) is 11.2. The van der Waals surface area contributed by atoms with E-state index in [0.29, 0.717) is 12.3 Å². The van der Waals surface area contributed by atoms with Crippen LogP contribution in [0, 0.1) is 5.92 Å². The molecule has 1 aliphatic rings. The number of methoxy groups -OCH3 is 1. The van der Waals surface area contributed by atoms with Crippen LogP contribution in [-0.2, 0) is 14.3 Å². The largest absolute Gasteiger partial charge is 0.469 e. The highest BCUT2D eigenvalue weighted by Gasteiger charge is 2.21. The molecule has 0 aromatic heterocycles. The summed E-state index contributed by atoms with van der Waals surface area (Å²) in [4.78, 5) is 23.0. The van der Waals surface area contributed by atoms with E-state index in [1.165, 1.54) is 45.6 Å². The van der Waals surface area contributed by atoms with E-state index in [-0.39, 0.29) is 11.8 Å². The van der Waals surface area contributed by atoms with Crippen LogP contribution in [0.4, 0.5) is 0 Å². The van der Waals surface area contributed by atoms with Crippen LogP contribution in [0.15, 0.2) is 23.8 Å². The van der Waals surface area contributed by atoms with E-state index in [1.807, 2.05) is 0 Å². The molecular weight excluding hydrogens is 300 g/mol. The number of hydrogen-bond donors (Lipinski definition) is 0. The second kappa shape index (κ2) is 13.0. The van der Waals surface area contributed by atoms with Gasteiger partial charge in [0.25, 0.3) is 0 Å². The first-order valence-corrected chi connectivity index (χ1v) is 9.68. The van der Waals surface area contributed by atoms with Crippen molar-refractivity contribution >= 4 is 11.8 Å². The molecule has 0 fully saturated rings. The van der Waals surface area contributed by atoms with Gasteiger partial charge in [-0.1, -0.05) is 64.0 Å². The van der Waals surface area contributed by atoms with Gasteiger partial charge < -0.3 is 4.74 Å². The van der Waals surface area contributed by atoms with Gasteiger partial charge in [-0.25, -0.2) is 0 Å². The van der Waals surface area contributed by atoms with E-state index in [1.54, 1.807) is 6.08 Å². The number of rotatable bonds is 13. The van der Waals surface area contributed by atoms with E-state index < -0.39 is 0 Å². The minimum absolute atomic E-state index is 0.137. The molecule has 0 radical (unpaired) electrons. The molecule has 0 saturated heterocycles. The third-order valence-electron chi connectivity index (χ3n) is 4.71. The van der Waals surface area contributed by atoms with Crippen molar-refractivity contribution in [2.75, 3.05) is 7.11 Å². The average molecular weight is 335 g/mol. The van der Waals surface area contributed by atoms with Crippen molar-refractivity contribution < 1.29 is 14.3 Å². The maximum Gasteiger partial charge on any atom is 0.305 e. The number of ether oxygens (including phenoxy) is 1. The summed E-state index contributed by atoms with van der Waals surface area (Å²) < 4.78 is 4.63. The molecule has 0 amide bonds. The maximum atomic E-state index is 12.0. The summed E-state index contributed by atoms with van der Waals surface area (Å²) in [6.07, 6.45) is 19.1. The fraction of sp³-hybridized carbons (Fsp3) is 0.714. The number of unbranched alkanes of at least 4 members (excludes halogenated alkanes) is 8. The van der Waals surface area contributed by atoms with Crippen LogP contribution in [0.5, 0.6) is 0 Å². The Balaban J connectivity index is 2.20. The lowest BCUT2D eigenvalue weighted by Gasteiger charge is -2.10. The predicted molar refractivity (Wildman–Crippen MR) is 98.8 cm³/mol.